The average molecular weight is 278 g/mol. The van der Waals surface area contributed by atoms with E-state index in [2.05, 4.69) is 0 Å². The van der Waals surface area contributed by atoms with Gasteiger partial charge >= 0.3 is 0 Å². The number of carbonyl (C=O) groups excluding carboxylic acids is 1. The Morgan fingerprint density at radius 3 is 2.78 bits per heavy atom. The lowest BCUT2D eigenvalue weighted by Crippen LogP contribution is -1.94. The Kier molecular flexibility index (Phi) is 2.77. The van der Waals surface area contributed by atoms with E-state index in [1.54, 1.807) is 12.1 Å². The fourth-order valence-corrected chi connectivity index (χ4v) is 2.56. The van der Waals surface area contributed by atoms with Crippen molar-refractivity contribution in [2.75, 3.05) is 0 Å². The van der Waals surface area contributed by atoms with Crippen LogP contribution >= 0.6 is 23.2 Å². The average Bonchev–Trinajstić information content (AvgIpc) is 2.88. The van der Waals surface area contributed by atoms with Crippen LogP contribution in [0.25, 0.3) is 6.08 Å². The molecule has 0 unspecified atom stereocenters. The van der Waals surface area contributed by atoms with Gasteiger partial charge < -0.3 is 4.57 Å². The van der Waals surface area contributed by atoms with Crippen molar-refractivity contribution in [2.45, 2.75) is 6.54 Å². The largest absolute Gasteiger partial charge is 0.340 e. The molecule has 2 nitrogen and oxygen atoms in total. The third kappa shape index (κ3) is 1.88. The molecule has 18 heavy (non-hydrogen) atoms. The number of benzene rings is 1. The molecule has 4 heteroatoms. The Hall–Kier alpha value is -1.51. The van der Waals surface area contributed by atoms with Crippen molar-refractivity contribution in [3.63, 3.8) is 0 Å². The smallest absolute Gasteiger partial charge is 0.207 e. The van der Waals surface area contributed by atoms with Gasteiger partial charge in [0, 0.05) is 21.8 Å². The number of allylic oxidation sites excluding steroid dienone is 1. The zero-order valence-corrected chi connectivity index (χ0v) is 10.9. The topological polar surface area (TPSA) is 22.0 Å². The van der Waals surface area contributed by atoms with Crippen LogP contribution in [-0.4, -0.2) is 10.4 Å². The lowest BCUT2D eigenvalue weighted by Gasteiger charge is -2.01. The van der Waals surface area contributed by atoms with E-state index < -0.39 is 0 Å². The predicted molar refractivity (Wildman–Crippen MR) is 73.2 cm³/mol. The fourth-order valence-electron chi connectivity index (χ4n) is 2.10. The number of ketones is 1. The number of hydrogen-bond donors (Lipinski definition) is 0. The monoisotopic (exact) mass is 277 g/mol. The van der Waals surface area contributed by atoms with Gasteiger partial charge in [0.05, 0.1) is 12.2 Å². The summed E-state index contributed by atoms with van der Waals surface area (Å²) in [7, 11) is 0. The molecule has 0 radical (unpaired) electrons. The maximum atomic E-state index is 12.1. The summed E-state index contributed by atoms with van der Waals surface area (Å²) in [6.45, 7) is 0.597. The maximum Gasteiger partial charge on any atom is 0.207 e. The lowest BCUT2D eigenvalue weighted by atomic mass is 10.1. The molecule has 1 aromatic carbocycles. The normalized spacial score (nSPS) is 16.3. The van der Waals surface area contributed by atoms with E-state index in [-0.39, 0.29) is 5.78 Å². The maximum absolute atomic E-state index is 12.1. The second kappa shape index (κ2) is 4.30. The Labute approximate surface area is 114 Å². The van der Waals surface area contributed by atoms with Crippen LogP contribution in [0.15, 0.2) is 42.1 Å². The number of halogens is 2. The molecule has 0 atom stereocenters. The van der Waals surface area contributed by atoms with Crippen molar-refractivity contribution in [3.05, 3.63) is 63.4 Å². The van der Waals surface area contributed by atoms with E-state index >= 15 is 0 Å². The summed E-state index contributed by atoms with van der Waals surface area (Å²) in [5, 5.41) is 1.14. The van der Waals surface area contributed by atoms with Gasteiger partial charge in [-0.1, -0.05) is 29.3 Å². The lowest BCUT2D eigenvalue weighted by molar-refractivity contribution is 0.103. The van der Waals surface area contributed by atoms with Gasteiger partial charge in [0.2, 0.25) is 5.78 Å². The molecular formula is C14H9Cl2NO. The van der Waals surface area contributed by atoms with Crippen LogP contribution in [0.1, 0.15) is 16.1 Å². The van der Waals surface area contributed by atoms with Crippen molar-refractivity contribution < 1.29 is 4.79 Å². The number of rotatable bonds is 1. The van der Waals surface area contributed by atoms with Gasteiger partial charge in [0.1, 0.15) is 0 Å². The number of carbonyl (C=O) groups is 1. The molecule has 0 spiro atoms. The molecule has 90 valence electrons. The molecule has 0 fully saturated rings. The number of Topliss-reactive ketones (excluding diaryl/α,β-unsaturated/α-hetero) is 1. The van der Waals surface area contributed by atoms with Crippen molar-refractivity contribution in [2.24, 2.45) is 0 Å². The molecule has 1 aliphatic heterocycles. The molecule has 0 N–H and O–H groups in total. The Morgan fingerprint density at radius 2 is 2.06 bits per heavy atom. The van der Waals surface area contributed by atoms with Crippen LogP contribution in [0, 0.1) is 0 Å². The fraction of sp³-hybridized carbons (Fsp3) is 0.0714. The minimum Gasteiger partial charge on any atom is -0.340 e. The third-order valence-electron chi connectivity index (χ3n) is 2.99. The van der Waals surface area contributed by atoms with E-state index in [1.807, 2.05) is 35.0 Å². The number of nitrogens with zero attached hydrogens (tertiary/aromatic N) is 1. The molecule has 1 aliphatic rings. The Morgan fingerprint density at radius 1 is 1.22 bits per heavy atom. The Balaban J connectivity index is 1.99. The first-order valence-electron chi connectivity index (χ1n) is 5.50. The van der Waals surface area contributed by atoms with E-state index in [0.717, 1.165) is 16.8 Å². The number of fused-ring (bicyclic) bond motifs is 1. The van der Waals surface area contributed by atoms with Crippen molar-refractivity contribution >= 4 is 35.1 Å². The third-order valence-corrected chi connectivity index (χ3v) is 3.55. The minimum absolute atomic E-state index is 0.0611. The van der Waals surface area contributed by atoms with Gasteiger partial charge in [0.15, 0.2) is 0 Å². The van der Waals surface area contributed by atoms with Crippen LogP contribution < -0.4 is 0 Å². The predicted octanol–water partition coefficient (Wildman–Crippen LogP) is 4.07. The van der Waals surface area contributed by atoms with Crippen LogP contribution in [0.4, 0.5) is 0 Å². The second-order valence-electron chi connectivity index (χ2n) is 4.19. The van der Waals surface area contributed by atoms with E-state index in [4.69, 9.17) is 23.2 Å². The molecule has 2 aromatic rings. The van der Waals surface area contributed by atoms with E-state index in [1.165, 1.54) is 0 Å². The van der Waals surface area contributed by atoms with Crippen LogP contribution in [0.5, 0.6) is 0 Å². The zero-order chi connectivity index (χ0) is 12.7. The SMILES string of the molecule is O=C1/C(=C/c2ccc(Cl)cc2Cl)Cn2cccc21. The van der Waals surface area contributed by atoms with E-state index in [9.17, 15) is 4.79 Å². The van der Waals surface area contributed by atoms with E-state index in [0.29, 0.717) is 16.6 Å². The molecule has 0 aliphatic carbocycles. The van der Waals surface area contributed by atoms with Gasteiger partial charge in [0.25, 0.3) is 0 Å². The first-order chi connectivity index (χ1) is 8.65. The van der Waals surface area contributed by atoms with Crippen molar-refractivity contribution in [1.29, 1.82) is 0 Å². The first-order valence-corrected chi connectivity index (χ1v) is 6.26. The zero-order valence-electron chi connectivity index (χ0n) is 9.36. The van der Waals surface area contributed by atoms with Gasteiger partial charge in [-0.2, -0.15) is 0 Å². The quantitative estimate of drug-likeness (QED) is 0.720. The van der Waals surface area contributed by atoms with Gasteiger partial charge in [-0.05, 0) is 35.9 Å². The summed E-state index contributed by atoms with van der Waals surface area (Å²) in [4.78, 5) is 12.1. The van der Waals surface area contributed by atoms with Crippen LogP contribution in [-0.2, 0) is 6.54 Å². The highest BCUT2D eigenvalue weighted by molar-refractivity contribution is 6.35. The van der Waals surface area contributed by atoms with Gasteiger partial charge in [-0.25, -0.2) is 0 Å². The molecule has 0 saturated heterocycles. The standard InChI is InChI=1S/C14H9Cl2NO/c15-11-4-3-9(12(16)7-11)6-10-8-17-5-1-2-13(17)14(10)18/h1-7H,8H2/b10-6+. The van der Waals surface area contributed by atoms with Gasteiger partial charge in [-0.15, -0.1) is 0 Å². The number of aromatic nitrogens is 1. The van der Waals surface area contributed by atoms with Crippen LogP contribution in [0.2, 0.25) is 10.0 Å². The van der Waals surface area contributed by atoms with Crippen molar-refractivity contribution in [1.82, 2.24) is 4.57 Å². The highest BCUT2D eigenvalue weighted by Crippen LogP contribution is 2.27. The molecule has 1 aromatic heterocycles. The molecule has 3 rings (SSSR count). The first kappa shape index (κ1) is 11.6. The number of hydrogen-bond acceptors (Lipinski definition) is 1. The van der Waals surface area contributed by atoms with Crippen LogP contribution in [0.3, 0.4) is 0 Å². The minimum atomic E-state index is 0.0611. The molecule has 0 bridgehead atoms. The molecule has 0 saturated carbocycles. The highest BCUT2D eigenvalue weighted by atomic mass is 35.5. The molecule has 2 heterocycles. The second-order valence-corrected chi connectivity index (χ2v) is 5.03. The summed E-state index contributed by atoms with van der Waals surface area (Å²) < 4.78 is 1.93. The summed E-state index contributed by atoms with van der Waals surface area (Å²) in [5.41, 5.74) is 2.29. The summed E-state index contributed by atoms with van der Waals surface area (Å²) in [6.07, 6.45) is 3.73. The summed E-state index contributed by atoms with van der Waals surface area (Å²) in [6, 6.07) is 8.96. The molecular weight excluding hydrogens is 269 g/mol. The van der Waals surface area contributed by atoms with Crippen molar-refractivity contribution in [3.8, 4) is 0 Å². The summed E-state index contributed by atoms with van der Waals surface area (Å²) >= 11 is 11.9. The molecule has 0 amide bonds. The highest BCUT2D eigenvalue weighted by Gasteiger charge is 2.23. The summed E-state index contributed by atoms with van der Waals surface area (Å²) in [5.74, 6) is 0.0611. The Bertz CT molecular complexity index is 670. The van der Waals surface area contributed by atoms with Gasteiger partial charge in [-0.3, -0.25) is 4.79 Å².